The number of nitrogens with zero attached hydrogens (tertiary/aromatic N) is 3. The molecule has 0 fully saturated rings. The van der Waals surface area contributed by atoms with Gasteiger partial charge in [0.1, 0.15) is 12.0 Å². The van der Waals surface area contributed by atoms with Crippen molar-refractivity contribution in [3.8, 4) is 23.1 Å². The molecule has 1 aromatic carbocycles. The zero-order chi connectivity index (χ0) is 16.8. The van der Waals surface area contributed by atoms with Crippen molar-refractivity contribution in [3.05, 3.63) is 78.0 Å². The van der Waals surface area contributed by atoms with E-state index in [0.29, 0.717) is 5.69 Å². The molecule has 0 saturated carbocycles. The minimum atomic E-state index is -0.683. The number of rotatable bonds is 2. The smallest absolute Gasteiger partial charge is 0.288 e. The van der Waals surface area contributed by atoms with Gasteiger partial charge in [0.15, 0.2) is 0 Å². The Morgan fingerprint density at radius 1 is 1.04 bits per heavy atom. The van der Waals surface area contributed by atoms with Gasteiger partial charge in [-0.1, -0.05) is 24.0 Å². The second-order valence-corrected chi connectivity index (χ2v) is 4.80. The SMILES string of the molecule is O=C(NO)c1cc(-c2ccc(C#Cc3cccnc3)cc2)ncn1. The number of hydroxylamine groups is 1. The van der Waals surface area contributed by atoms with E-state index < -0.39 is 5.91 Å². The summed E-state index contributed by atoms with van der Waals surface area (Å²) in [6, 6.07) is 12.7. The first-order valence-electron chi connectivity index (χ1n) is 7.05. The summed E-state index contributed by atoms with van der Waals surface area (Å²) in [4.78, 5) is 23.3. The largest absolute Gasteiger partial charge is 0.293 e. The van der Waals surface area contributed by atoms with E-state index in [-0.39, 0.29) is 5.69 Å². The fraction of sp³-hybridized carbons (Fsp3) is 0. The van der Waals surface area contributed by atoms with Crippen molar-refractivity contribution in [2.45, 2.75) is 0 Å². The molecule has 116 valence electrons. The maximum absolute atomic E-state index is 11.4. The van der Waals surface area contributed by atoms with Crippen LogP contribution in [-0.2, 0) is 0 Å². The van der Waals surface area contributed by atoms with E-state index >= 15 is 0 Å². The lowest BCUT2D eigenvalue weighted by Crippen LogP contribution is -2.20. The van der Waals surface area contributed by atoms with Crippen LogP contribution >= 0.6 is 0 Å². The lowest BCUT2D eigenvalue weighted by Gasteiger charge is -2.03. The van der Waals surface area contributed by atoms with Crippen LogP contribution in [0.15, 0.2) is 61.2 Å². The van der Waals surface area contributed by atoms with Crippen LogP contribution in [0, 0.1) is 11.8 Å². The van der Waals surface area contributed by atoms with Crippen LogP contribution in [-0.4, -0.2) is 26.1 Å². The van der Waals surface area contributed by atoms with Gasteiger partial charge in [-0.05, 0) is 30.3 Å². The summed E-state index contributed by atoms with van der Waals surface area (Å²) >= 11 is 0. The number of nitrogens with one attached hydrogen (secondary N) is 1. The Bertz CT molecular complexity index is 913. The van der Waals surface area contributed by atoms with E-state index in [0.717, 1.165) is 16.7 Å². The molecule has 6 nitrogen and oxygen atoms in total. The van der Waals surface area contributed by atoms with Gasteiger partial charge in [0.2, 0.25) is 0 Å². The van der Waals surface area contributed by atoms with Crippen molar-refractivity contribution in [2.75, 3.05) is 0 Å². The van der Waals surface area contributed by atoms with Gasteiger partial charge in [0.05, 0.1) is 5.69 Å². The second-order valence-electron chi connectivity index (χ2n) is 4.80. The third-order valence-electron chi connectivity index (χ3n) is 3.19. The minimum Gasteiger partial charge on any atom is -0.288 e. The number of hydrogen-bond donors (Lipinski definition) is 2. The average molecular weight is 316 g/mol. The van der Waals surface area contributed by atoms with Gasteiger partial charge in [-0.15, -0.1) is 0 Å². The van der Waals surface area contributed by atoms with Crippen molar-refractivity contribution >= 4 is 5.91 Å². The summed E-state index contributed by atoms with van der Waals surface area (Å²) in [7, 11) is 0. The molecule has 2 heterocycles. The number of aromatic nitrogens is 3. The topological polar surface area (TPSA) is 88.0 Å². The fourth-order valence-corrected chi connectivity index (χ4v) is 2.00. The van der Waals surface area contributed by atoms with E-state index in [1.807, 2.05) is 36.4 Å². The zero-order valence-corrected chi connectivity index (χ0v) is 12.5. The summed E-state index contributed by atoms with van der Waals surface area (Å²) in [6.45, 7) is 0. The quantitative estimate of drug-likeness (QED) is 0.429. The molecule has 0 spiro atoms. The number of carbonyl (C=O) groups is 1. The van der Waals surface area contributed by atoms with E-state index in [4.69, 9.17) is 5.21 Å². The number of benzene rings is 1. The maximum Gasteiger partial charge on any atom is 0.293 e. The summed E-state index contributed by atoms with van der Waals surface area (Å²) in [5.74, 6) is 5.41. The monoisotopic (exact) mass is 316 g/mol. The number of pyridine rings is 1. The van der Waals surface area contributed by atoms with Crippen LogP contribution in [0.2, 0.25) is 0 Å². The van der Waals surface area contributed by atoms with Crippen molar-refractivity contribution < 1.29 is 10.0 Å². The normalized spacial score (nSPS) is 9.71. The molecule has 24 heavy (non-hydrogen) atoms. The third-order valence-corrected chi connectivity index (χ3v) is 3.19. The van der Waals surface area contributed by atoms with Gasteiger partial charge >= 0.3 is 0 Å². The van der Waals surface area contributed by atoms with Gasteiger partial charge in [0, 0.05) is 29.1 Å². The molecule has 0 aliphatic heterocycles. The highest BCUT2D eigenvalue weighted by molar-refractivity contribution is 5.92. The zero-order valence-electron chi connectivity index (χ0n) is 12.5. The van der Waals surface area contributed by atoms with Crippen LogP contribution in [0.3, 0.4) is 0 Å². The molecule has 0 unspecified atom stereocenters. The highest BCUT2D eigenvalue weighted by atomic mass is 16.5. The van der Waals surface area contributed by atoms with Crippen molar-refractivity contribution in [3.63, 3.8) is 0 Å². The predicted octanol–water partition coefficient (Wildman–Crippen LogP) is 2.06. The molecule has 3 rings (SSSR count). The first-order chi connectivity index (χ1) is 11.8. The number of carbonyl (C=O) groups excluding carboxylic acids is 1. The van der Waals surface area contributed by atoms with Gasteiger partial charge < -0.3 is 0 Å². The highest BCUT2D eigenvalue weighted by Gasteiger charge is 2.08. The van der Waals surface area contributed by atoms with Gasteiger partial charge in [-0.3, -0.25) is 15.0 Å². The van der Waals surface area contributed by atoms with Crippen LogP contribution in [0.5, 0.6) is 0 Å². The Morgan fingerprint density at radius 2 is 1.83 bits per heavy atom. The van der Waals surface area contributed by atoms with E-state index in [2.05, 4.69) is 26.8 Å². The molecule has 2 N–H and O–H groups in total. The van der Waals surface area contributed by atoms with E-state index in [9.17, 15) is 4.79 Å². The number of hydrogen-bond acceptors (Lipinski definition) is 5. The molecule has 0 saturated heterocycles. The Hall–Kier alpha value is -3.56. The minimum absolute atomic E-state index is 0.0861. The van der Waals surface area contributed by atoms with E-state index in [1.54, 1.807) is 17.9 Å². The third kappa shape index (κ3) is 3.61. The molecular weight excluding hydrogens is 304 g/mol. The summed E-state index contributed by atoms with van der Waals surface area (Å²) in [6.07, 6.45) is 4.68. The van der Waals surface area contributed by atoms with Crippen LogP contribution < -0.4 is 5.48 Å². The molecule has 2 aromatic heterocycles. The van der Waals surface area contributed by atoms with Crippen molar-refractivity contribution in [2.24, 2.45) is 0 Å². The maximum atomic E-state index is 11.4. The summed E-state index contributed by atoms with van der Waals surface area (Å²) < 4.78 is 0. The Morgan fingerprint density at radius 3 is 2.54 bits per heavy atom. The van der Waals surface area contributed by atoms with Crippen molar-refractivity contribution in [1.82, 2.24) is 20.4 Å². The number of amides is 1. The van der Waals surface area contributed by atoms with Crippen LogP contribution in [0.25, 0.3) is 11.3 Å². The Balaban J connectivity index is 1.83. The molecule has 1 amide bonds. The van der Waals surface area contributed by atoms with Gasteiger partial charge in [0.25, 0.3) is 5.91 Å². The molecule has 0 aliphatic rings. The van der Waals surface area contributed by atoms with E-state index in [1.165, 1.54) is 12.4 Å². The van der Waals surface area contributed by atoms with Gasteiger partial charge in [-0.2, -0.15) is 0 Å². The average Bonchev–Trinajstić information content (AvgIpc) is 2.67. The molecule has 0 atom stereocenters. The van der Waals surface area contributed by atoms with Crippen LogP contribution in [0.4, 0.5) is 0 Å². The molecule has 6 heteroatoms. The highest BCUT2D eigenvalue weighted by Crippen LogP contribution is 2.17. The first-order valence-corrected chi connectivity index (χ1v) is 7.05. The first kappa shape index (κ1) is 15.3. The van der Waals surface area contributed by atoms with Crippen molar-refractivity contribution in [1.29, 1.82) is 0 Å². The lowest BCUT2D eigenvalue weighted by atomic mass is 10.1. The van der Waals surface area contributed by atoms with Crippen LogP contribution in [0.1, 0.15) is 21.6 Å². The molecule has 0 aliphatic carbocycles. The second kappa shape index (κ2) is 7.13. The van der Waals surface area contributed by atoms with Gasteiger partial charge in [-0.25, -0.2) is 15.4 Å². The predicted molar refractivity (Wildman–Crippen MR) is 86.9 cm³/mol. The molecule has 3 aromatic rings. The molecule has 0 radical (unpaired) electrons. The Labute approximate surface area is 138 Å². The molecule has 0 bridgehead atoms. The Kier molecular flexibility index (Phi) is 4.56. The fourth-order valence-electron chi connectivity index (χ4n) is 2.00. The molecular formula is C18H12N4O2. The summed E-state index contributed by atoms with van der Waals surface area (Å²) in [5, 5.41) is 8.66. The standard InChI is InChI=1S/C18H12N4O2/c23-18(22-24)17-10-16(20-12-21-17)15-7-5-13(6-8-15)3-4-14-2-1-9-19-11-14/h1-2,5-12,24H,(H,22,23). The summed E-state index contributed by atoms with van der Waals surface area (Å²) in [5.41, 5.74) is 4.73. The lowest BCUT2D eigenvalue weighted by molar-refractivity contribution is 0.0700.